The third kappa shape index (κ3) is 2.53. The van der Waals surface area contributed by atoms with Crippen molar-refractivity contribution in [2.24, 2.45) is 17.9 Å². The van der Waals surface area contributed by atoms with Gasteiger partial charge in [-0.05, 0) is 26.1 Å². The zero-order valence-electron chi connectivity index (χ0n) is 8.40. The van der Waals surface area contributed by atoms with Crippen LogP contribution in [-0.4, -0.2) is 20.6 Å². The molecule has 1 aromatic rings. The molecule has 0 spiro atoms. The van der Waals surface area contributed by atoms with Gasteiger partial charge in [0.25, 0.3) is 0 Å². The molecule has 0 radical (unpaired) electrons. The van der Waals surface area contributed by atoms with E-state index in [9.17, 15) is 0 Å². The number of aromatic nitrogens is 2. The van der Waals surface area contributed by atoms with Gasteiger partial charge in [-0.15, -0.1) is 0 Å². The van der Waals surface area contributed by atoms with Crippen molar-refractivity contribution in [2.75, 3.05) is 0 Å². The molecule has 76 valence electrons. The fourth-order valence-electron chi connectivity index (χ4n) is 1.15. The summed E-state index contributed by atoms with van der Waals surface area (Å²) in [7, 11) is 1.87. The number of nitrogens with zero attached hydrogens (tertiary/aromatic N) is 3. The summed E-state index contributed by atoms with van der Waals surface area (Å²) in [5, 5.41) is 8.38. The van der Waals surface area contributed by atoms with Crippen molar-refractivity contribution < 1.29 is 0 Å². The maximum atomic E-state index is 5.25. The van der Waals surface area contributed by atoms with E-state index >= 15 is 0 Å². The molecule has 14 heavy (non-hydrogen) atoms. The van der Waals surface area contributed by atoms with Gasteiger partial charge in [-0.3, -0.25) is 10.1 Å². The average Bonchev–Trinajstić information content (AvgIpc) is 2.41. The smallest absolute Gasteiger partial charge is 0.184 e. The van der Waals surface area contributed by atoms with E-state index in [1.54, 1.807) is 4.68 Å². The Bertz CT molecular complexity index is 379. The maximum absolute atomic E-state index is 5.25. The molecule has 0 saturated heterocycles. The molecule has 0 amide bonds. The van der Waals surface area contributed by atoms with Crippen LogP contribution >= 0.6 is 12.2 Å². The van der Waals surface area contributed by atoms with Gasteiger partial charge in [0, 0.05) is 18.8 Å². The van der Waals surface area contributed by atoms with E-state index in [4.69, 9.17) is 5.73 Å². The van der Waals surface area contributed by atoms with Crippen molar-refractivity contribution in [3.63, 3.8) is 0 Å². The van der Waals surface area contributed by atoms with Crippen molar-refractivity contribution in [1.29, 1.82) is 0 Å². The monoisotopic (exact) mass is 211 g/mol. The van der Waals surface area contributed by atoms with Gasteiger partial charge in [0.15, 0.2) is 5.11 Å². The Balaban J connectivity index is 2.88. The van der Waals surface area contributed by atoms with Crippen molar-refractivity contribution in [2.45, 2.75) is 13.8 Å². The second-order valence-electron chi connectivity index (χ2n) is 2.98. The molecule has 0 aliphatic carbocycles. The predicted molar refractivity (Wildman–Crippen MR) is 60.1 cm³/mol. The average molecular weight is 211 g/mol. The minimum atomic E-state index is 0.158. The van der Waals surface area contributed by atoms with Crippen LogP contribution in [0.3, 0.4) is 0 Å². The van der Waals surface area contributed by atoms with Gasteiger partial charge in [0.2, 0.25) is 0 Å². The molecule has 0 fully saturated rings. The number of hydrogen-bond acceptors (Lipinski definition) is 3. The van der Waals surface area contributed by atoms with E-state index in [-0.39, 0.29) is 5.11 Å². The fraction of sp³-hybridized carbons (Fsp3) is 0.375. The highest BCUT2D eigenvalue weighted by atomic mass is 32.1. The van der Waals surface area contributed by atoms with Crippen LogP contribution in [0.25, 0.3) is 0 Å². The third-order valence-corrected chi connectivity index (χ3v) is 1.83. The number of rotatable bonds is 2. The summed E-state index contributed by atoms with van der Waals surface area (Å²) in [6.07, 6.45) is 1.90. The molecule has 1 aromatic heterocycles. The van der Waals surface area contributed by atoms with Crippen LogP contribution in [0.2, 0.25) is 0 Å². The van der Waals surface area contributed by atoms with Gasteiger partial charge in [0.1, 0.15) is 0 Å². The summed E-state index contributed by atoms with van der Waals surface area (Å²) >= 11 is 4.64. The van der Waals surface area contributed by atoms with E-state index in [1.165, 1.54) is 0 Å². The quantitative estimate of drug-likeness (QED) is 0.419. The maximum Gasteiger partial charge on any atom is 0.184 e. The van der Waals surface area contributed by atoms with Crippen LogP contribution in [0, 0.1) is 6.92 Å². The normalized spacial score (nSPS) is 11.5. The van der Waals surface area contributed by atoms with Crippen molar-refractivity contribution in [3.8, 4) is 0 Å². The lowest BCUT2D eigenvalue weighted by molar-refractivity contribution is 0.756. The van der Waals surface area contributed by atoms with Gasteiger partial charge in [-0.25, -0.2) is 0 Å². The molecule has 3 N–H and O–H groups in total. The summed E-state index contributed by atoms with van der Waals surface area (Å²) in [6, 6.07) is 0. The summed E-state index contributed by atoms with van der Waals surface area (Å²) in [5.41, 5.74) is 10.5. The van der Waals surface area contributed by atoms with Gasteiger partial charge >= 0.3 is 0 Å². The Morgan fingerprint density at radius 2 is 2.36 bits per heavy atom. The molecule has 1 rings (SSSR count). The Labute approximate surface area is 88.0 Å². The van der Waals surface area contributed by atoms with E-state index in [2.05, 4.69) is 27.8 Å². The van der Waals surface area contributed by atoms with Crippen molar-refractivity contribution >= 4 is 23.0 Å². The summed E-state index contributed by atoms with van der Waals surface area (Å²) in [6.45, 7) is 3.80. The minimum absolute atomic E-state index is 0.158. The molecule has 0 saturated carbocycles. The van der Waals surface area contributed by atoms with Gasteiger partial charge < -0.3 is 5.73 Å². The number of nitrogens with one attached hydrogen (secondary N) is 1. The number of hydrogen-bond donors (Lipinski definition) is 2. The highest BCUT2D eigenvalue weighted by Gasteiger charge is 2.05. The van der Waals surface area contributed by atoms with Gasteiger partial charge in [0.05, 0.1) is 11.4 Å². The lowest BCUT2D eigenvalue weighted by Crippen LogP contribution is -2.25. The van der Waals surface area contributed by atoms with Crippen LogP contribution in [-0.2, 0) is 7.05 Å². The minimum Gasteiger partial charge on any atom is -0.375 e. The fourth-order valence-corrected chi connectivity index (χ4v) is 1.20. The number of aryl methyl sites for hydroxylation is 2. The van der Waals surface area contributed by atoms with E-state index < -0.39 is 0 Å². The molecule has 0 aromatic carbocycles. The highest BCUT2D eigenvalue weighted by Crippen LogP contribution is 2.05. The predicted octanol–water partition coefficient (Wildman–Crippen LogP) is 0.286. The highest BCUT2D eigenvalue weighted by molar-refractivity contribution is 7.80. The standard InChI is InChI=1S/C8H13N5S/c1-5(10-11-8(9)14)7-4-13(3)12-6(7)2/h4H,1-3H3,(H3,9,11,14). The molecule has 6 heteroatoms. The first-order chi connectivity index (χ1) is 6.50. The molecular formula is C8H13N5S. The Hall–Kier alpha value is -1.43. The van der Waals surface area contributed by atoms with Crippen molar-refractivity contribution in [1.82, 2.24) is 15.2 Å². The van der Waals surface area contributed by atoms with Crippen molar-refractivity contribution in [3.05, 3.63) is 17.5 Å². The second-order valence-corrected chi connectivity index (χ2v) is 3.41. The first-order valence-corrected chi connectivity index (χ1v) is 4.52. The number of hydrazone groups is 1. The topological polar surface area (TPSA) is 68.2 Å². The second kappa shape index (κ2) is 4.19. The largest absolute Gasteiger partial charge is 0.375 e. The molecule has 0 aliphatic heterocycles. The van der Waals surface area contributed by atoms with Gasteiger partial charge in [-0.1, -0.05) is 0 Å². The first kappa shape index (κ1) is 10.6. The summed E-state index contributed by atoms with van der Waals surface area (Å²) in [5.74, 6) is 0. The first-order valence-electron chi connectivity index (χ1n) is 4.11. The molecule has 0 atom stereocenters. The lowest BCUT2D eigenvalue weighted by Gasteiger charge is -1.99. The summed E-state index contributed by atoms with van der Waals surface area (Å²) in [4.78, 5) is 0. The van der Waals surface area contributed by atoms with E-state index in [1.807, 2.05) is 27.1 Å². The van der Waals surface area contributed by atoms with Crippen LogP contribution < -0.4 is 11.2 Å². The summed E-state index contributed by atoms with van der Waals surface area (Å²) < 4.78 is 1.74. The number of thiocarbonyl (C=S) groups is 1. The van der Waals surface area contributed by atoms with Crippen LogP contribution in [0.4, 0.5) is 0 Å². The number of nitrogens with two attached hydrogens (primary N) is 1. The SMILES string of the molecule is CC(=NNC(N)=S)c1cn(C)nc1C. The zero-order valence-corrected chi connectivity index (χ0v) is 9.22. The molecule has 5 nitrogen and oxygen atoms in total. The molecule has 0 bridgehead atoms. The molecule has 0 aliphatic rings. The third-order valence-electron chi connectivity index (χ3n) is 1.74. The molecule has 0 unspecified atom stereocenters. The van der Waals surface area contributed by atoms with E-state index in [0.29, 0.717) is 0 Å². The Morgan fingerprint density at radius 1 is 1.71 bits per heavy atom. The molecule has 1 heterocycles. The van der Waals surface area contributed by atoms with Crippen LogP contribution in [0.15, 0.2) is 11.3 Å². The Kier molecular flexibility index (Phi) is 3.19. The Morgan fingerprint density at radius 3 is 2.79 bits per heavy atom. The van der Waals surface area contributed by atoms with Crippen LogP contribution in [0.5, 0.6) is 0 Å². The lowest BCUT2D eigenvalue weighted by atomic mass is 10.2. The zero-order chi connectivity index (χ0) is 10.7. The van der Waals surface area contributed by atoms with Crippen LogP contribution in [0.1, 0.15) is 18.2 Å². The molecular weight excluding hydrogens is 198 g/mol. The van der Waals surface area contributed by atoms with E-state index in [0.717, 1.165) is 17.0 Å². The van der Waals surface area contributed by atoms with Gasteiger partial charge in [-0.2, -0.15) is 10.2 Å².